The van der Waals surface area contributed by atoms with Crippen molar-refractivity contribution in [2.45, 2.75) is 52.2 Å². The largest absolute Gasteiger partial charge is 0.357 e. The molecule has 1 aromatic heterocycles. The second-order valence-electron chi connectivity index (χ2n) is 8.06. The van der Waals surface area contributed by atoms with Gasteiger partial charge in [0.2, 0.25) is 0 Å². The number of carbonyl (C=O) groups is 1. The molecule has 7 nitrogen and oxygen atoms in total. The summed E-state index contributed by atoms with van der Waals surface area (Å²) in [7, 11) is 0. The molecule has 1 aliphatic heterocycles. The molecule has 2 heterocycles. The van der Waals surface area contributed by atoms with Crippen molar-refractivity contribution in [3.8, 4) is 0 Å². The molecular formula is C24H33FN6O. The molecule has 1 aromatic carbocycles. The first-order valence-corrected chi connectivity index (χ1v) is 11.3. The Bertz CT molecular complexity index is 917. The highest BCUT2D eigenvalue weighted by molar-refractivity contribution is 5.94. The van der Waals surface area contributed by atoms with Crippen molar-refractivity contribution in [3.05, 3.63) is 59.5 Å². The molecule has 1 fully saturated rings. The summed E-state index contributed by atoms with van der Waals surface area (Å²) in [5.74, 6) is 0.769. The standard InChI is InChI=1S/C24H33FN6O/c1-4-17(3)29-23(32)19-10-8-18(9-11-19)15-28-24(26-5-2)30-20-12-14-31(16-20)22-21(25)7-6-13-27-22/h6-11,13,17,20H,4-5,12,14-16H2,1-3H3,(H,29,32)(H2,26,28,30). The zero-order valence-electron chi connectivity index (χ0n) is 19.1. The minimum absolute atomic E-state index is 0.0560. The number of anilines is 1. The monoisotopic (exact) mass is 440 g/mol. The van der Waals surface area contributed by atoms with Crippen LogP contribution in [0.15, 0.2) is 47.6 Å². The Balaban J connectivity index is 1.57. The number of aliphatic imine (C=N–C) groups is 1. The van der Waals surface area contributed by atoms with Gasteiger partial charge in [-0.1, -0.05) is 19.1 Å². The average Bonchev–Trinajstić information content (AvgIpc) is 3.26. The van der Waals surface area contributed by atoms with Crippen LogP contribution in [-0.4, -0.2) is 48.6 Å². The van der Waals surface area contributed by atoms with Gasteiger partial charge in [0.1, 0.15) is 0 Å². The van der Waals surface area contributed by atoms with Gasteiger partial charge in [0, 0.05) is 43.5 Å². The van der Waals surface area contributed by atoms with Crippen LogP contribution in [0.3, 0.4) is 0 Å². The summed E-state index contributed by atoms with van der Waals surface area (Å²) in [6.07, 6.45) is 3.39. The third kappa shape index (κ3) is 6.42. The van der Waals surface area contributed by atoms with Crippen LogP contribution in [0.5, 0.6) is 0 Å². The lowest BCUT2D eigenvalue weighted by Crippen LogP contribution is -2.44. The molecule has 0 saturated carbocycles. The maximum atomic E-state index is 14.0. The van der Waals surface area contributed by atoms with Crippen LogP contribution in [-0.2, 0) is 6.54 Å². The Hall–Kier alpha value is -3.16. The third-order valence-electron chi connectivity index (χ3n) is 5.54. The number of aromatic nitrogens is 1. The second-order valence-corrected chi connectivity index (χ2v) is 8.06. The fraction of sp³-hybridized carbons (Fsp3) is 0.458. The Morgan fingerprint density at radius 2 is 2.06 bits per heavy atom. The average molecular weight is 441 g/mol. The molecule has 1 aliphatic rings. The summed E-state index contributed by atoms with van der Waals surface area (Å²) in [4.78, 5) is 23.0. The van der Waals surface area contributed by atoms with E-state index < -0.39 is 0 Å². The lowest BCUT2D eigenvalue weighted by molar-refractivity contribution is 0.0939. The molecule has 1 saturated heterocycles. The van der Waals surface area contributed by atoms with Crippen LogP contribution in [0.2, 0.25) is 0 Å². The van der Waals surface area contributed by atoms with E-state index in [9.17, 15) is 9.18 Å². The van der Waals surface area contributed by atoms with Gasteiger partial charge in [0.05, 0.1) is 6.54 Å². The van der Waals surface area contributed by atoms with Gasteiger partial charge in [-0.2, -0.15) is 0 Å². The van der Waals surface area contributed by atoms with Crippen LogP contribution in [0, 0.1) is 5.82 Å². The zero-order valence-corrected chi connectivity index (χ0v) is 19.1. The van der Waals surface area contributed by atoms with E-state index in [0.29, 0.717) is 24.5 Å². The number of rotatable bonds is 8. The van der Waals surface area contributed by atoms with Crippen molar-refractivity contribution in [1.82, 2.24) is 20.9 Å². The van der Waals surface area contributed by atoms with Gasteiger partial charge < -0.3 is 20.9 Å². The maximum absolute atomic E-state index is 14.0. The highest BCUT2D eigenvalue weighted by atomic mass is 19.1. The summed E-state index contributed by atoms with van der Waals surface area (Å²) in [5.41, 5.74) is 1.67. The number of hydrogen-bond donors (Lipinski definition) is 3. The van der Waals surface area contributed by atoms with Crippen molar-refractivity contribution < 1.29 is 9.18 Å². The van der Waals surface area contributed by atoms with E-state index in [1.54, 1.807) is 12.3 Å². The predicted octanol–water partition coefficient (Wildman–Crippen LogP) is 3.08. The summed E-state index contributed by atoms with van der Waals surface area (Å²) in [6, 6.07) is 10.9. The number of halogens is 1. The zero-order chi connectivity index (χ0) is 22.9. The van der Waals surface area contributed by atoms with E-state index in [4.69, 9.17) is 0 Å². The number of guanidine groups is 1. The van der Waals surface area contributed by atoms with Crippen LogP contribution >= 0.6 is 0 Å². The summed E-state index contributed by atoms with van der Waals surface area (Å²) < 4.78 is 14.0. The van der Waals surface area contributed by atoms with Crippen molar-refractivity contribution in [2.24, 2.45) is 4.99 Å². The summed E-state index contributed by atoms with van der Waals surface area (Å²) in [5, 5.41) is 9.69. The van der Waals surface area contributed by atoms with Gasteiger partial charge in [0.25, 0.3) is 5.91 Å². The normalized spacial score (nSPS) is 17.2. The van der Waals surface area contributed by atoms with Crippen LogP contribution < -0.4 is 20.9 Å². The first-order valence-electron chi connectivity index (χ1n) is 11.3. The van der Waals surface area contributed by atoms with Gasteiger partial charge in [-0.25, -0.2) is 14.4 Å². The van der Waals surface area contributed by atoms with Crippen LogP contribution in [0.25, 0.3) is 0 Å². The fourth-order valence-electron chi connectivity index (χ4n) is 3.53. The molecule has 0 bridgehead atoms. The number of carbonyl (C=O) groups excluding carboxylic acids is 1. The molecule has 8 heteroatoms. The van der Waals surface area contributed by atoms with Crippen molar-refractivity contribution in [3.63, 3.8) is 0 Å². The third-order valence-corrected chi connectivity index (χ3v) is 5.54. The van der Waals surface area contributed by atoms with Gasteiger partial charge in [0.15, 0.2) is 17.6 Å². The molecule has 0 spiro atoms. The van der Waals surface area contributed by atoms with Gasteiger partial charge in [-0.15, -0.1) is 0 Å². The maximum Gasteiger partial charge on any atom is 0.251 e. The summed E-state index contributed by atoms with van der Waals surface area (Å²) in [6.45, 7) is 8.70. The number of amides is 1. The van der Waals surface area contributed by atoms with Crippen LogP contribution in [0.1, 0.15) is 49.5 Å². The van der Waals surface area contributed by atoms with Gasteiger partial charge in [-0.3, -0.25) is 4.79 Å². The topological polar surface area (TPSA) is 81.6 Å². The Kier molecular flexibility index (Phi) is 8.41. The number of nitrogens with one attached hydrogen (secondary N) is 3. The Morgan fingerprint density at radius 1 is 1.28 bits per heavy atom. The van der Waals surface area contributed by atoms with E-state index in [1.165, 1.54) is 6.07 Å². The Morgan fingerprint density at radius 3 is 2.75 bits per heavy atom. The molecule has 1 amide bonds. The predicted molar refractivity (Wildman–Crippen MR) is 126 cm³/mol. The Labute approximate surface area is 189 Å². The molecular weight excluding hydrogens is 407 g/mol. The van der Waals surface area contributed by atoms with Gasteiger partial charge in [-0.05, 0) is 56.5 Å². The SMILES string of the molecule is CCNC(=NCc1ccc(C(=O)NC(C)CC)cc1)NC1CCN(c2ncccc2F)C1. The number of pyridine rings is 1. The smallest absolute Gasteiger partial charge is 0.251 e. The molecule has 3 rings (SSSR count). The summed E-state index contributed by atoms with van der Waals surface area (Å²) >= 11 is 0. The van der Waals surface area contributed by atoms with E-state index in [1.807, 2.05) is 49.9 Å². The number of benzene rings is 1. The fourth-order valence-corrected chi connectivity index (χ4v) is 3.53. The van der Waals surface area contributed by atoms with Crippen molar-refractivity contribution >= 4 is 17.7 Å². The minimum atomic E-state index is -0.296. The molecule has 3 N–H and O–H groups in total. The van der Waals surface area contributed by atoms with Crippen LogP contribution in [0.4, 0.5) is 10.2 Å². The first-order chi connectivity index (χ1) is 15.5. The van der Waals surface area contributed by atoms with Gasteiger partial charge >= 0.3 is 0 Å². The molecule has 172 valence electrons. The van der Waals surface area contributed by atoms with E-state index >= 15 is 0 Å². The molecule has 2 unspecified atom stereocenters. The van der Waals surface area contributed by atoms with E-state index in [0.717, 1.165) is 37.5 Å². The second kappa shape index (κ2) is 11.5. The van der Waals surface area contributed by atoms with Crippen molar-refractivity contribution in [2.75, 3.05) is 24.5 Å². The molecule has 2 atom stereocenters. The van der Waals surface area contributed by atoms with E-state index in [2.05, 4.69) is 25.9 Å². The molecule has 0 aliphatic carbocycles. The number of hydrogen-bond acceptors (Lipinski definition) is 4. The molecule has 0 radical (unpaired) electrons. The quantitative estimate of drug-likeness (QED) is 0.434. The first kappa shape index (κ1) is 23.5. The van der Waals surface area contributed by atoms with E-state index in [-0.39, 0.29) is 23.8 Å². The minimum Gasteiger partial charge on any atom is -0.357 e. The highest BCUT2D eigenvalue weighted by Crippen LogP contribution is 2.20. The highest BCUT2D eigenvalue weighted by Gasteiger charge is 2.25. The lowest BCUT2D eigenvalue weighted by atomic mass is 10.1. The molecule has 32 heavy (non-hydrogen) atoms. The number of nitrogens with zero attached hydrogens (tertiary/aromatic N) is 3. The molecule has 2 aromatic rings. The lowest BCUT2D eigenvalue weighted by Gasteiger charge is -2.20. The van der Waals surface area contributed by atoms with Crippen molar-refractivity contribution in [1.29, 1.82) is 0 Å².